The van der Waals surface area contributed by atoms with E-state index in [0.29, 0.717) is 29.5 Å². The number of hydrogen-bond acceptors (Lipinski definition) is 3. The van der Waals surface area contributed by atoms with Gasteiger partial charge >= 0.3 is 0 Å². The van der Waals surface area contributed by atoms with E-state index in [1.54, 1.807) is 12.3 Å². The van der Waals surface area contributed by atoms with Crippen LogP contribution < -0.4 is 5.32 Å². The normalized spacial score (nSPS) is 10.6. The Labute approximate surface area is 145 Å². The summed E-state index contributed by atoms with van der Waals surface area (Å²) in [5, 5.41) is 3.47. The van der Waals surface area contributed by atoms with Crippen LogP contribution in [0.3, 0.4) is 0 Å². The van der Waals surface area contributed by atoms with Gasteiger partial charge in [-0.2, -0.15) is 0 Å². The summed E-state index contributed by atoms with van der Waals surface area (Å²) in [6.07, 6.45) is 2.37. The molecule has 0 aliphatic rings. The second-order valence-electron chi connectivity index (χ2n) is 5.51. The van der Waals surface area contributed by atoms with Gasteiger partial charge in [-0.05, 0) is 31.2 Å². The molecular weight excluding hydrogens is 324 g/mol. The molecule has 24 heavy (non-hydrogen) atoms. The number of benzene rings is 2. The monoisotopic (exact) mass is 340 g/mol. The molecule has 5 heteroatoms. The molecule has 1 N–H and O–H groups in total. The van der Waals surface area contributed by atoms with E-state index in [1.165, 1.54) is 0 Å². The van der Waals surface area contributed by atoms with Crippen molar-refractivity contribution in [2.75, 3.05) is 5.32 Å². The third kappa shape index (κ3) is 4.03. The number of carbonyl (C=O) groups excluding carboxylic acids is 1. The van der Waals surface area contributed by atoms with Gasteiger partial charge in [-0.3, -0.25) is 4.79 Å². The fraction of sp³-hybridized carbons (Fsp3) is 0.158. The number of oxazole rings is 1. The van der Waals surface area contributed by atoms with Gasteiger partial charge in [-0.15, -0.1) is 0 Å². The first-order valence-electron chi connectivity index (χ1n) is 7.68. The van der Waals surface area contributed by atoms with E-state index in [9.17, 15) is 4.79 Å². The number of halogens is 1. The minimum atomic E-state index is -0.0728. The third-order valence-corrected chi connectivity index (χ3v) is 3.92. The highest BCUT2D eigenvalue weighted by Crippen LogP contribution is 2.28. The number of anilines is 1. The van der Waals surface area contributed by atoms with Crippen molar-refractivity contribution in [3.8, 4) is 11.3 Å². The third-order valence-electron chi connectivity index (χ3n) is 3.59. The topological polar surface area (TPSA) is 55.1 Å². The molecule has 0 saturated carbocycles. The van der Waals surface area contributed by atoms with Gasteiger partial charge in [0.25, 0.3) is 0 Å². The second-order valence-corrected chi connectivity index (χ2v) is 5.92. The van der Waals surface area contributed by atoms with Crippen LogP contribution in [0.5, 0.6) is 0 Å². The molecule has 0 aliphatic heterocycles. The van der Waals surface area contributed by atoms with E-state index >= 15 is 0 Å². The molecule has 3 aromatic rings. The quantitative estimate of drug-likeness (QED) is 0.720. The fourth-order valence-electron chi connectivity index (χ4n) is 2.29. The lowest BCUT2D eigenvalue weighted by atomic mass is 10.2. The molecule has 0 radical (unpaired) electrons. The predicted molar refractivity (Wildman–Crippen MR) is 95.1 cm³/mol. The zero-order valence-electron chi connectivity index (χ0n) is 13.3. The number of nitrogens with one attached hydrogen (secondary N) is 1. The van der Waals surface area contributed by atoms with Crippen molar-refractivity contribution in [3.63, 3.8) is 0 Å². The summed E-state index contributed by atoms with van der Waals surface area (Å²) in [6, 6.07) is 15.1. The first-order valence-corrected chi connectivity index (χ1v) is 8.06. The molecule has 0 fully saturated rings. The van der Waals surface area contributed by atoms with E-state index in [2.05, 4.69) is 10.3 Å². The van der Waals surface area contributed by atoms with Crippen molar-refractivity contribution in [3.05, 3.63) is 71.2 Å². The molecule has 0 atom stereocenters. The average Bonchev–Trinajstić information content (AvgIpc) is 3.04. The lowest BCUT2D eigenvalue weighted by Gasteiger charge is -2.04. The molecule has 0 aliphatic carbocycles. The summed E-state index contributed by atoms with van der Waals surface area (Å²) in [4.78, 5) is 16.2. The van der Waals surface area contributed by atoms with Crippen LogP contribution in [0.1, 0.15) is 17.9 Å². The number of aromatic nitrogens is 1. The van der Waals surface area contributed by atoms with Crippen molar-refractivity contribution in [2.24, 2.45) is 0 Å². The standard InChI is InChI=1S/C19H17ClN2O2/c1-13-6-8-14(9-7-13)22-18(23)10-11-19-21-12-17(24-19)15-4-2-3-5-16(15)20/h2-9,12H,10-11H2,1H3,(H,22,23). The Morgan fingerprint density at radius 3 is 2.67 bits per heavy atom. The lowest BCUT2D eigenvalue weighted by Crippen LogP contribution is -2.12. The zero-order chi connectivity index (χ0) is 16.9. The lowest BCUT2D eigenvalue weighted by molar-refractivity contribution is -0.116. The minimum Gasteiger partial charge on any atom is -0.441 e. The number of rotatable bonds is 5. The van der Waals surface area contributed by atoms with Crippen molar-refractivity contribution in [1.29, 1.82) is 0 Å². The van der Waals surface area contributed by atoms with Crippen LogP contribution in [0.25, 0.3) is 11.3 Å². The van der Waals surface area contributed by atoms with E-state index < -0.39 is 0 Å². The summed E-state index contributed by atoms with van der Waals surface area (Å²) in [7, 11) is 0. The molecule has 1 heterocycles. The summed E-state index contributed by atoms with van der Waals surface area (Å²) >= 11 is 6.15. The summed E-state index contributed by atoms with van der Waals surface area (Å²) < 4.78 is 5.69. The van der Waals surface area contributed by atoms with Gasteiger partial charge < -0.3 is 9.73 Å². The molecule has 0 unspecified atom stereocenters. The highest BCUT2D eigenvalue weighted by atomic mass is 35.5. The molecule has 122 valence electrons. The summed E-state index contributed by atoms with van der Waals surface area (Å²) in [5.41, 5.74) is 2.73. The second kappa shape index (κ2) is 7.32. The molecular formula is C19H17ClN2O2. The van der Waals surface area contributed by atoms with Crippen LogP contribution in [-0.4, -0.2) is 10.9 Å². The van der Waals surface area contributed by atoms with Gasteiger partial charge in [0.05, 0.1) is 11.2 Å². The van der Waals surface area contributed by atoms with E-state index in [4.69, 9.17) is 16.0 Å². The number of nitrogens with zero attached hydrogens (tertiary/aromatic N) is 1. The largest absolute Gasteiger partial charge is 0.441 e. The van der Waals surface area contributed by atoms with E-state index in [-0.39, 0.29) is 5.91 Å². The van der Waals surface area contributed by atoms with Gasteiger partial charge in [0.1, 0.15) is 0 Å². The van der Waals surface area contributed by atoms with E-state index in [1.807, 2.05) is 49.4 Å². The Balaban J connectivity index is 1.58. The number of hydrogen-bond donors (Lipinski definition) is 1. The molecule has 0 bridgehead atoms. The summed E-state index contributed by atoms with van der Waals surface area (Å²) in [6.45, 7) is 2.00. The molecule has 4 nitrogen and oxygen atoms in total. The molecule has 0 saturated heterocycles. The zero-order valence-corrected chi connectivity index (χ0v) is 14.0. The van der Waals surface area contributed by atoms with Gasteiger partial charge in [-0.1, -0.05) is 41.4 Å². The van der Waals surface area contributed by atoms with Crippen LogP contribution in [0, 0.1) is 6.92 Å². The Morgan fingerprint density at radius 1 is 1.17 bits per heavy atom. The van der Waals surface area contributed by atoms with Crippen LogP contribution in [0.2, 0.25) is 5.02 Å². The Bertz CT molecular complexity index is 841. The molecule has 1 aromatic heterocycles. The maximum absolute atomic E-state index is 12.0. The van der Waals surface area contributed by atoms with Gasteiger partial charge in [0, 0.05) is 24.1 Å². The summed E-state index contributed by atoms with van der Waals surface area (Å²) in [5.74, 6) is 1.05. The predicted octanol–water partition coefficient (Wildman–Crippen LogP) is 4.87. The molecule has 2 aromatic carbocycles. The maximum Gasteiger partial charge on any atom is 0.224 e. The van der Waals surface area contributed by atoms with Crippen molar-refractivity contribution < 1.29 is 9.21 Å². The number of carbonyl (C=O) groups is 1. The average molecular weight is 341 g/mol. The first kappa shape index (κ1) is 16.3. The highest BCUT2D eigenvalue weighted by Gasteiger charge is 2.11. The maximum atomic E-state index is 12.0. The molecule has 1 amide bonds. The van der Waals surface area contributed by atoms with Crippen molar-refractivity contribution in [1.82, 2.24) is 4.98 Å². The first-order chi connectivity index (χ1) is 11.6. The molecule has 0 spiro atoms. The number of amides is 1. The van der Waals surface area contributed by atoms with Crippen LogP contribution in [0.15, 0.2) is 59.1 Å². The van der Waals surface area contributed by atoms with Gasteiger partial charge in [0.15, 0.2) is 11.7 Å². The smallest absolute Gasteiger partial charge is 0.224 e. The van der Waals surface area contributed by atoms with Gasteiger partial charge in [-0.25, -0.2) is 4.98 Å². The van der Waals surface area contributed by atoms with Crippen molar-refractivity contribution in [2.45, 2.75) is 19.8 Å². The van der Waals surface area contributed by atoms with E-state index in [0.717, 1.165) is 16.8 Å². The van der Waals surface area contributed by atoms with Crippen molar-refractivity contribution >= 4 is 23.2 Å². The minimum absolute atomic E-state index is 0.0728. The molecule has 3 rings (SSSR count). The Morgan fingerprint density at radius 2 is 1.92 bits per heavy atom. The highest BCUT2D eigenvalue weighted by molar-refractivity contribution is 6.33. The fourth-order valence-corrected chi connectivity index (χ4v) is 2.52. The SMILES string of the molecule is Cc1ccc(NC(=O)CCc2ncc(-c3ccccc3Cl)o2)cc1. The van der Waals surface area contributed by atoms with Crippen LogP contribution in [-0.2, 0) is 11.2 Å². The van der Waals surface area contributed by atoms with Crippen LogP contribution in [0.4, 0.5) is 5.69 Å². The number of aryl methyl sites for hydroxylation is 2. The Kier molecular flexibility index (Phi) is 4.96. The van der Waals surface area contributed by atoms with Gasteiger partial charge in [0.2, 0.25) is 5.91 Å². The van der Waals surface area contributed by atoms with Crippen LogP contribution >= 0.6 is 11.6 Å². The Hall–Kier alpha value is -2.59.